The van der Waals surface area contributed by atoms with Crippen LogP contribution in [0.5, 0.6) is 11.5 Å². The van der Waals surface area contributed by atoms with Crippen LogP contribution in [0.2, 0.25) is 0 Å². The summed E-state index contributed by atoms with van der Waals surface area (Å²) in [5.41, 5.74) is 1.21. The molecule has 2 amide bonds. The van der Waals surface area contributed by atoms with Gasteiger partial charge in [-0.2, -0.15) is 4.99 Å². The predicted octanol–water partition coefficient (Wildman–Crippen LogP) is 4.10. The first kappa shape index (κ1) is 21.9. The van der Waals surface area contributed by atoms with E-state index in [0.29, 0.717) is 28.6 Å². The SMILES string of the molecule is C#CCOc1c(I)cc(/C=C2\SC(=NC(=O)c3ccccc3)NC2=O)cc1OCC. The molecule has 1 saturated heterocycles. The molecule has 0 spiro atoms. The number of nitrogens with zero attached hydrogens (tertiary/aromatic N) is 1. The molecule has 1 heterocycles. The van der Waals surface area contributed by atoms with Crippen molar-refractivity contribution >= 4 is 57.4 Å². The van der Waals surface area contributed by atoms with Gasteiger partial charge < -0.3 is 14.8 Å². The van der Waals surface area contributed by atoms with Gasteiger partial charge >= 0.3 is 0 Å². The lowest BCUT2D eigenvalue weighted by Crippen LogP contribution is -2.20. The molecule has 1 aliphatic rings. The minimum Gasteiger partial charge on any atom is -0.490 e. The maximum atomic E-state index is 12.3. The number of terminal acetylenes is 1. The highest BCUT2D eigenvalue weighted by Crippen LogP contribution is 2.36. The summed E-state index contributed by atoms with van der Waals surface area (Å²) in [6.07, 6.45) is 6.99. The molecule has 0 aliphatic carbocycles. The second-order valence-corrected chi connectivity index (χ2v) is 8.10. The van der Waals surface area contributed by atoms with Gasteiger partial charge in [0.25, 0.3) is 11.8 Å². The van der Waals surface area contributed by atoms with Crippen LogP contribution in [0.25, 0.3) is 6.08 Å². The van der Waals surface area contributed by atoms with Crippen molar-refractivity contribution in [1.29, 1.82) is 0 Å². The molecule has 0 saturated carbocycles. The fraction of sp³-hybridized carbons (Fsp3) is 0.136. The van der Waals surface area contributed by atoms with Crippen molar-refractivity contribution in [3.8, 4) is 23.8 Å². The summed E-state index contributed by atoms with van der Waals surface area (Å²) in [7, 11) is 0. The normalized spacial score (nSPS) is 15.7. The fourth-order valence-electron chi connectivity index (χ4n) is 2.56. The van der Waals surface area contributed by atoms with Crippen molar-refractivity contribution in [1.82, 2.24) is 5.32 Å². The summed E-state index contributed by atoms with van der Waals surface area (Å²) >= 11 is 3.24. The van der Waals surface area contributed by atoms with E-state index in [4.69, 9.17) is 15.9 Å². The van der Waals surface area contributed by atoms with Crippen LogP contribution in [-0.4, -0.2) is 30.2 Å². The van der Waals surface area contributed by atoms with Gasteiger partial charge in [-0.25, -0.2) is 0 Å². The maximum absolute atomic E-state index is 12.3. The lowest BCUT2D eigenvalue weighted by atomic mass is 10.2. The Morgan fingerprint density at radius 3 is 2.77 bits per heavy atom. The van der Waals surface area contributed by atoms with Gasteiger partial charge in [0, 0.05) is 5.56 Å². The minimum absolute atomic E-state index is 0.129. The molecule has 0 radical (unpaired) electrons. The van der Waals surface area contributed by atoms with Gasteiger partial charge in [-0.15, -0.1) is 6.42 Å². The molecule has 0 bridgehead atoms. The number of hydrogen-bond donors (Lipinski definition) is 1. The Kier molecular flexibility index (Phi) is 7.54. The molecule has 2 aromatic carbocycles. The van der Waals surface area contributed by atoms with Gasteiger partial charge in [-0.1, -0.05) is 24.1 Å². The van der Waals surface area contributed by atoms with Crippen molar-refractivity contribution in [2.75, 3.05) is 13.2 Å². The molecule has 3 rings (SSSR count). The molecule has 152 valence electrons. The summed E-state index contributed by atoms with van der Waals surface area (Å²) in [4.78, 5) is 29.0. The summed E-state index contributed by atoms with van der Waals surface area (Å²) < 4.78 is 12.1. The maximum Gasteiger partial charge on any atom is 0.279 e. The zero-order valence-electron chi connectivity index (χ0n) is 16.0. The highest BCUT2D eigenvalue weighted by molar-refractivity contribution is 14.1. The number of ether oxygens (including phenoxy) is 2. The molecule has 1 fully saturated rings. The van der Waals surface area contributed by atoms with Crippen LogP contribution in [0, 0.1) is 15.9 Å². The first-order valence-electron chi connectivity index (χ1n) is 8.93. The van der Waals surface area contributed by atoms with E-state index >= 15 is 0 Å². The average Bonchev–Trinajstić information content (AvgIpc) is 3.07. The molecule has 0 unspecified atom stereocenters. The monoisotopic (exact) mass is 532 g/mol. The van der Waals surface area contributed by atoms with Gasteiger partial charge in [-0.05, 0) is 77.2 Å². The number of carbonyl (C=O) groups is 2. The van der Waals surface area contributed by atoms with E-state index in [1.54, 1.807) is 36.4 Å². The van der Waals surface area contributed by atoms with Crippen molar-refractivity contribution in [2.45, 2.75) is 6.92 Å². The molecular weight excluding hydrogens is 515 g/mol. The number of amidine groups is 1. The van der Waals surface area contributed by atoms with E-state index in [9.17, 15) is 9.59 Å². The Morgan fingerprint density at radius 1 is 1.30 bits per heavy atom. The topological polar surface area (TPSA) is 77.0 Å². The number of aliphatic imine (C=N–C) groups is 1. The van der Waals surface area contributed by atoms with Gasteiger partial charge in [0.1, 0.15) is 6.61 Å². The molecule has 1 N–H and O–H groups in total. The minimum atomic E-state index is -0.414. The van der Waals surface area contributed by atoms with Crippen LogP contribution in [0.1, 0.15) is 22.8 Å². The number of hydrogen-bond acceptors (Lipinski definition) is 5. The lowest BCUT2D eigenvalue weighted by molar-refractivity contribution is -0.115. The Morgan fingerprint density at radius 2 is 2.07 bits per heavy atom. The summed E-state index contributed by atoms with van der Waals surface area (Å²) in [6, 6.07) is 12.3. The molecule has 1 aliphatic heterocycles. The molecule has 0 aromatic heterocycles. The molecule has 30 heavy (non-hydrogen) atoms. The second-order valence-electron chi connectivity index (χ2n) is 5.91. The second kappa shape index (κ2) is 10.3. The molecular formula is C22H17IN2O4S. The lowest BCUT2D eigenvalue weighted by Gasteiger charge is -2.13. The average molecular weight is 532 g/mol. The van der Waals surface area contributed by atoms with Gasteiger partial charge in [0.2, 0.25) is 0 Å². The largest absolute Gasteiger partial charge is 0.490 e. The summed E-state index contributed by atoms with van der Waals surface area (Å²) in [5.74, 6) is 2.81. The van der Waals surface area contributed by atoms with Crippen molar-refractivity contribution < 1.29 is 19.1 Å². The van der Waals surface area contributed by atoms with Gasteiger partial charge in [0.05, 0.1) is 15.1 Å². The van der Waals surface area contributed by atoms with Gasteiger partial charge in [0.15, 0.2) is 16.7 Å². The van der Waals surface area contributed by atoms with Crippen LogP contribution in [0.3, 0.4) is 0 Å². The molecule has 6 nitrogen and oxygen atoms in total. The number of amides is 2. The fourth-order valence-corrected chi connectivity index (χ4v) is 4.16. The highest BCUT2D eigenvalue weighted by atomic mass is 127. The Hall–Kier alpha value is -2.77. The summed E-state index contributed by atoms with van der Waals surface area (Å²) in [5, 5.41) is 2.87. The zero-order valence-corrected chi connectivity index (χ0v) is 19.0. The van der Waals surface area contributed by atoms with E-state index in [1.165, 1.54) is 0 Å². The first-order chi connectivity index (χ1) is 14.5. The van der Waals surface area contributed by atoms with E-state index < -0.39 is 5.91 Å². The number of halogens is 1. The van der Waals surface area contributed by atoms with Crippen LogP contribution in [0.15, 0.2) is 52.4 Å². The van der Waals surface area contributed by atoms with Crippen molar-refractivity contribution in [3.05, 3.63) is 62.1 Å². The molecule has 8 heteroatoms. The van der Waals surface area contributed by atoms with Crippen LogP contribution in [0.4, 0.5) is 0 Å². The van der Waals surface area contributed by atoms with Crippen LogP contribution < -0.4 is 14.8 Å². The van der Waals surface area contributed by atoms with Crippen LogP contribution >= 0.6 is 34.4 Å². The molecule has 2 aromatic rings. The zero-order chi connectivity index (χ0) is 21.5. The van der Waals surface area contributed by atoms with Crippen LogP contribution in [-0.2, 0) is 4.79 Å². The third kappa shape index (κ3) is 5.43. The standard InChI is InChI=1S/C22H17IN2O4S/c1-3-10-29-19-16(23)11-14(12-17(19)28-4-2)13-18-21(27)25-22(30-18)24-20(26)15-8-6-5-7-9-15/h1,5-9,11-13H,4,10H2,2H3,(H,24,25,26,27)/b18-13-. The number of nitrogens with one attached hydrogen (secondary N) is 1. The summed E-state index contributed by atoms with van der Waals surface area (Å²) in [6.45, 7) is 2.45. The first-order valence-corrected chi connectivity index (χ1v) is 10.8. The van der Waals surface area contributed by atoms with E-state index in [-0.39, 0.29) is 17.7 Å². The Bertz CT molecular complexity index is 1070. The van der Waals surface area contributed by atoms with Crippen molar-refractivity contribution in [3.63, 3.8) is 0 Å². The highest BCUT2D eigenvalue weighted by Gasteiger charge is 2.25. The van der Waals surface area contributed by atoms with Gasteiger partial charge in [-0.3, -0.25) is 9.59 Å². The third-order valence-electron chi connectivity index (χ3n) is 3.80. The van der Waals surface area contributed by atoms with E-state index in [2.05, 4.69) is 38.8 Å². The Balaban J connectivity index is 1.84. The number of thioether (sulfide) groups is 1. The Labute approximate surface area is 192 Å². The predicted molar refractivity (Wildman–Crippen MR) is 127 cm³/mol. The quantitative estimate of drug-likeness (QED) is 0.345. The van der Waals surface area contributed by atoms with E-state index in [1.807, 2.05) is 19.1 Å². The number of rotatable bonds is 6. The smallest absolute Gasteiger partial charge is 0.279 e. The molecule has 0 atom stereocenters. The van der Waals surface area contributed by atoms with E-state index in [0.717, 1.165) is 20.9 Å². The third-order valence-corrected chi connectivity index (χ3v) is 5.52. The number of carbonyl (C=O) groups excluding carboxylic acids is 2. The number of benzene rings is 2. The van der Waals surface area contributed by atoms with Crippen molar-refractivity contribution in [2.24, 2.45) is 4.99 Å².